The lowest BCUT2D eigenvalue weighted by Crippen LogP contribution is -2.64. The zero-order valence-corrected chi connectivity index (χ0v) is 5.65. The first-order chi connectivity index (χ1) is 4.94. The molecule has 1 aliphatic rings. The van der Waals surface area contributed by atoms with Crippen LogP contribution in [0, 0.1) is 0 Å². The number of hydrogen-bond donors (Lipinski definition) is 2. The van der Waals surface area contributed by atoms with Crippen LogP contribution in [0.3, 0.4) is 0 Å². The van der Waals surface area contributed by atoms with E-state index in [1.165, 1.54) is 0 Å². The van der Waals surface area contributed by atoms with Crippen molar-refractivity contribution in [3.63, 3.8) is 0 Å². The van der Waals surface area contributed by atoms with Crippen LogP contribution in [0.1, 0.15) is 6.92 Å². The molecule has 1 saturated heterocycles. The van der Waals surface area contributed by atoms with Gasteiger partial charge in [0.2, 0.25) is 12.0 Å². The molecular formula is C5H6F2N2O2. The van der Waals surface area contributed by atoms with Crippen LogP contribution in [0.4, 0.5) is 13.6 Å². The minimum Gasteiger partial charge on any atom is -0.305 e. The van der Waals surface area contributed by atoms with E-state index in [4.69, 9.17) is 0 Å². The van der Waals surface area contributed by atoms with Crippen LogP contribution in [0.5, 0.6) is 0 Å². The van der Waals surface area contributed by atoms with E-state index in [-0.39, 0.29) is 0 Å². The lowest BCUT2D eigenvalue weighted by molar-refractivity contribution is -0.137. The Kier molecular flexibility index (Phi) is 1.54. The Balaban J connectivity index is 2.84. The summed E-state index contributed by atoms with van der Waals surface area (Å²) in [5.74, 6) is -1.26. The number of nitrogens with one attached hydrogen (secondary N) is 2. The summed E-state index contributed by atoms with van der Waals surface area (Å²) in [6.45, 7) is 0.756. The highest BCUT2D eigenvalue weighted by Crippen LogP contribution is 2.19. The maximum atomic E-state index is 12.8. The van der Waals surface area contributed by atoms with Crippen molar-refractivity contribution in [1.82, 2.24) is 10.6 Å². The Hall–Kier alpha value is -1.20. The van der Waals surface area contributed by atoms with Crippen molar-refractivity contribution in [1.29, 1.82) is 0 Å². The lowest BCUT2D eigenvalue weighted by Gasteiger charge is -2.28. The van der Waals surface area contributed by atoms with E-state index in [1.54, 1.807) is 10.6 Å². The van der Waals surface area contributed by atoms with Gasteiger partial charge in [0.25, 0.3) is 5.91 Å². The van der Waals surface area contributed by atoms with Gasteiger partial charge in [-0.15, -0.1) is 0 Å². The van der Waals surface area contributed by atoms with E-state index < -0.39 is 23.9 Å². The molecule has 0 aromatic carbocycles. The zero-order valence-electron chi connectivity index (χ0n) is 5.65. The first kappa shape index (κ1) is 7.90. The van der Waals surface area contributed by atoms with Crippen LogP contribution in [0.15, 0.2) is 0 Å². The molecule has 1 aliphatic heterocycles. The van der Waals surface area contributed by atoms with Crippen LogP contribution in [0.25, 0.3) is 0 Å². The van der Waals surface area contributed by atoms with E-state index in [0.29, 0.717) is 0 Å². The molecule has 3 amide bonds. The molecule has 1 heterocycles. The monoisotopic (exact) mass is 164 g/mol. The summed E-state index contributed by atoms with van der Waals surface area (Å²) in [5.41, 5.74) is -2.67. The number of amides is 3. The van der Waals surface area contributed by atoms with E-state index in [2.05, 4.69) is 0 Å². The second-order valence-electron chi connectivity index (χ2n) is 2.37. The van der Waals surface area contributed by atoms with Crippen LogP contribution >= 0.6 is 0 Å². The van der Waals surface area contributed by atoms with Gasteiger partial charge in [0.05, 0.1) is 0 Å². The fourth-order valence-corrected chi connectivity index (χ4v) is 0.627. The molecule has 1 fully saturated rings. The minimum absolute atomic E-state index is 0.756. The third-order valence-electron chi connectivity index (χ3n) is 1.40. The number of imide groups is 1. The summed E-state index contributed by atoms with van der Waals surface area (Å²) < 4.78 is 25.3. The summed E-state index contributed by atoms with van der Waals surface area (Å²) in [6, 6.07) is -1.02. The minimum atomic E-state index is -2.67. The van der Waals surface area contributed by atoms with Crippen molar-refractivity contribution in [2.75, 3.05) is 0 Å². The summed E-state index contributed by atoms with van der Waals surface area (Å²) in [6.07, 6.45) is -2.27. The quantitative estimate of drug-likeness (QED) is 0.489. The fourth-order valence-electron chi connectivity index (χ4n) is 0.627. The van der Waals surface area contributed by atoms with E-state index in [9.17, 15) is 18.4 Å². The van der Waals surface area contributed by atoms with Crippen LogP contribution in [-0.4, -0.2) is 23.9 Å². The molecule has 4 nitrogen and oxygen atoms in total. The van der Waals surface area contributed by atoms with E-state index in [0.717, 1.165) is 6.92 Å². The van der Waals surface area contributed by atoms with Gasteiger partial charge in [-0.1, -0.05) is 0 Å². The molecule has 6 heteroatoms. The number of carbonyl (C=O) groups excluding carboxylic acids is 2. The largest absolute Gasteiger partial charge is 0.323 e. The Morgan fingerprint density at radius 3 is 2.55 bits per heavy atom. The molecule has 2 N–H and O–H groups in total. The third kappa shape index (κ3) is 1.15. The van der Waals surface area contributed by atoms with Gasteiger partial charge in [0.15, 0.2) is 0 Å². The van der Waals surface area contributed by atoms with Crippen LogP contribution in [-0.2, 0) is 4.79 Å². The van der Waals surface area contributed by atoms with Crippen LogP contribution in [0.2, 0.25) is 0 Å². The SMILES string of the molecule is C[C@]1(F)C(=O)NC(=O)N[C@@H]1F. The molecule has 0 radical (unpaired) electrons. The molecule has 0 unspecified atom stereocenters. The summed E-state index contributed by atoms with van der Waals surface area (Å²) >= 11 is 0. The smallest absolute Gasteiger partial charge is 0.305 e. The van der Waals surface area contributed by atoms with Gasteiger partial charge in [0.1, 0.15) is 0 Å². The molecular weight excluding hydrogens is 158 g/mol. The van der Waals surface area contributed by atoms with Gasteiger partial charge in [-0.3, -0.25) is 10.1 Å². The number of halogens is 2. The second kappa shape index (κ2) is 2.14. The molecule has 1 rings (SSSR count). The number of alkyl halides is 2. The molecule has 0 aromatic rings. The first-order valence-electron chi connectivity index (χ1n) is 2.89. The highest BCUT2D eigenvalue weighted by Gasteiger charge is 2.47. The number of hydrogen-bond acceptors (Lipinski definition) is 2. The molecule has 2 atom stereocenters. The molecule has 62 valence electrons. The Morgan fingerprint density at radius 1 is 1.55 bits per heavy atom. The Bertz CT molecular complexity index is 217. The average Bonchev–Trinajstić information content (AvgIpc) is 1.84. The molecule has 11 heavy (non-hydrogen) atoms. The predicted octanol–water partition coefficient (Wildman–Crippen LogP) is -0.150. The van der Waals surface area contributed by atoms with Crippen molar-refractivity contribution >= 4 is 11.9 Å². The summed E-state index contributed by atoms with van der Waals surface area (Å²) in [7, 11) is 0. The molecule has 0 bridgehead atoms. The highest BCUT2D eigenvalue weighted by molar-refractivity contribution is 6.01. The van der Waals surface area contributed by atoms with Gasteiger partial charge in [-0.25, -0.2) is 13.6 Å². The van der Waals surface area contributed by atoms with Gasteiger partial charge in [-0.2, -0.15) is 0 Å². The molecule has 0 aromatic heterocycles. The topological polar surface area (TPSA) is 58.2 Å². The van der Waals surface area contributed by atoms with Crippen LogP contribution < -0.4 is 10.6 Å². The number of rotatable bonds is 0. The molecule has 0 spiro atoms. The van der Waals surface area contributed by atoms with Crippen molar-refractivity contribution < 1.29 is 18.4 Å². The normalized spacial score (nSPS) is 37.9. The predicted molar refractivity (Wildman–Crippen MR) is 31.1 cm³/mol. The first-order valence-corrected chi connectivity index (χ1v) is 2.89. The maximum Gasteiger partial charge on any atom is 0.323 e. The number of urea groups is 1. The lowest BCUT2D eigenvalue weighted by atomic mass is 10.1. The molecule has 0 aliphatic carbocycles. The van der Waals surface area contributed by atoms with Crippen molar-refractivity contribution in [2.24, 2.45) is 0 Å². The molecule has 0 saturated carbocycles. The van der Waals surface area contributed by atoms with Gasteiger partial charge < -0.3 is 5.32 Å². The third-order valence-corrected chi connectivity index (χ3v) is 1.40. The highest BCUT2D eigenvalue weighted by atomic mass is 19.2. The maximum absolute atomic E-state index is 12.8. The fraction of sp³-hybridized carbons (Fsp3) is 0.600. The summed E-state index contributed by atoms with van der Waals surface area (Å²) in [5, 5.41) is 3.18. The van der Waals surface area contributed by atoms with Gasteiger partial charge >= 0.3 is 6.03 Å². The summed E-state index contributed by atoms with van der Waals surface area (Å²) in [4.78, 5) is 20.9. The Morgan fingerprint density at radius 2 is 2.09 bits per heavy atom. The zero-order chi connectivity index (χ0) is 8.65. The van der Waals surface area contributed by atoms with E-state index in [1.807, 2.05) is 0 Å². The Labute approximate surface area is 60.9 Å². The van der Waals surface area contributed by atoms with Gasteiger partial charge in [0, 0.05) is 0 Å². The number of carbonyl (C=O) groups is 2. The van der Waals surface area contributed by atoms with Crippen molar-refractivity contribution in [3.05, 3.63) is 0 Å². The average molecular weight is 164 g/mol. The van der Waals surface area contributed by atoms with E-state index >= 15 is 0 Å². The van der Waals surface area contributed by atoms with Crippen molar-refractivity contribution in [2.45, 2.75) is 18.9 Å². The van der Waals surface area contributed by atoms with Crippen molar-refractivity contribution in [3.8, 4) is 0 Å². The second-order valence-corrected chi connectivity index (χ2v) is 2.37. The standard InChI is InChI=1S/C5H6F2N2O2/c1-5(7)2(6)8-4(11)9-3(5)10/h2H,1H3,(H2,8,9,10,11)/t2-,5+/m0/s1. The van der Waals surface area contributed by atoms with Gasteiger partial charge in [-0.05, 0) is 6.92 Å².